The van der Waals surface area contributed by atoms with Gasteiger partial charge in [0.15, 0.2) is 6.10 Å². The van der Waals surface area contributed by atoms with Crippen molar-refractivity contribution in [2.24, 2.45) is 0 Å². The van der Waals surface area contributed by atoms with Crippen LogP contribution in [0.3, 0.4) is 0 Å². The van der Waals surface area contributed by atoms with Crippen LogP contribution in [0.15, 0.2) is 0 Å². The second-order valence-electron chi connectivity index (χ2n) is 16.0. The summed E-state index contributed by atoms with van der Waals surface area (Å²) >= 11 is 0. The van der Waals surface area contributed by atoms with Crippen molar-refractivity contribution < 1.29 is 28.6 Å². The third kappa shape index (κ3) is 41.4. The van der Waals surface area contributed by atoms with Gasteiger partial charge in [0.1, 0.15) is 13.2 Å². The molecule has 0 amide bonds. The van der Waals surface area contributed by atoms with Gasteiger partial charge in [-0.25, -0.2) is 0 Å². The van der Waals surface area contributed by atoms with Gasteiger partial charge in [-0.15, -0.1) is 0 Å². The Bertz CT molecular complexity index is 783. The zero-order chi connectivity index (χ0) is 38.7. The van der Waals surface area contributed by atoms with Gasteiger partial charge in [-0.2, -0.15) is 0 Å². The number of esters is 3. The van der Waals surface area contributed by atoms with Crippen LogP contribution in [0.25, 0.3) is 0 Å². The smallest absolute Gasteiger partial charge is 0.306 e. The lowest BCUT2D eigenvalue weighted by Crippen LogP contribution is -2.30. The van der Waals surface area contributed by atoms with Crippen molar-refractivity contribution in [1.82, 2.24) is 0 Å². The van der Waals surface area contributed by atoms with Gasteiger partial charge in [0, 0.05) is 19.3 Å². The molecule has 0 saturated carbocycles. The van der Waals surface area contributed by atoms with Crippen molar-refractivity contribution in [2.75, 3.05) is 13.2 Å². The first-order valence-corrected chi connectivity index (χ1v) is 23.5. The summed E-state index contributed by atoms with van der Waals surface area (Å²) in [7, 11) is 0. The van der Waals surface area contributed by atoms with Gasteiger partial charge in [-0.1, -0.05) is 226 Å². The van der Waals surface area contributed by atoms with Gasteiger partial charge in [-0.05, 0) is 19.3 Å². The highest BCUT2D eigenvalue weighted by Crippen LogP contribution is 2.16. The Labute approximate surface area is 329 Å². The summed E-state index contributed by atoms with van der Waals surface area (Å²) in [6.45, 7) is 6.61. The molecule has 0 aromatic heterocycles. The van der Waals surface area contributed by atoms with Gasteiger partial charge < -0.3 is 14.2 Å². The molecule has 314 valence electrons. The lowest BCUT2D eigenvalue weighted by atomic mass is 10.0. The topological polar surface area (TPSA) is 78.9 Å². The molecule has 0 aliphatic rings. The molecule has 1 atom stereocenters. The third-order valence-corrected chi connectivity index (χ3v) is 10.6. The highest BCUT2D eigenvalue weighted by molar-refractivity contribution is 5.71. The first-order chi connectivity index (χ1) is 26.0. The molecule has 0 heterocycles. The van der Waals surface area contributed by atoms with Crippen LogP contribution in [0.1, 0.15) is 265 Å². The fraction of sp³-hybridized carbons (Fsp3) is 0.936. The number of unbranched alkanes of at least 4 members (excludes halogenated alkanes) is 32. The van der Waals surface area contributed by atoms with Gasteiger partial charge >= 0.3 is 17.9 Å². The highest BCUT2D eigenvalue weighted by atomic mass is 16.6. The molecular formula is C47H90O6. The number of carbonyl (C=O) groups is 3. The molecule has 0 unspecified atom stereocenters. The summed E-state index contributed by atoms with van der Waals surface area (Å²) in [4.78, 5) is 37.6. The average Bonchev–Trinajstić information content (AvgIpc) is 3.15. The van der Waals surface area contributed by atoms with E-state index in [1.165, 1.54) is 167 Å². The minimum atomic E-state index is -0.757. The van der Waals surface area contributed by atoms with E-state index in [0.717, 1.165) is 57.8 Å². The maximum absolute atomic E-state index is 12.6. The SMILES string of the molecule is CCCCCCCCCCCCCCCCCCCC(=O)OC[C@@H](COC(=O)CCCCCCCCCCCCC)OC(=O)CCCCCCCCC. The van der Waals surface area contributed by atoms with Gasteiger partial charge in [0.05, 0.1) is 0 Å². The van der Waals surface area contributed by atoms with E-state index in [2.05, 4.69) is 20.8 Å². The Morgan fingerprint density at radius 1 is 0.302 bits per heavy atom. The number of hydrogen-bond acceptors (Lipinski definition) is 6. The molecule has 0 aliphatic heterocycles. The van der Waals surface area contributed by atoms with E-state index in [1.54, 1.807) is 0 Å². The van der Waals surface area contributed by atoms with Crippen LogP contribution in [0, 0.1) is 0 Å². The largest absolute Gasteiger partial charge is 0.462 e. The Balaban J connectivity index is 4.17. The van der Waals surface area contributed by atoms with Crippen LogP contribution in [0.4, 0.5) is 0 Å². The van der Waals surface area contributed by atoms with Crippen LogP contribution >= 0.6 is 0 Å². The number of hydrogen-bond donors (Lipinski definition) is 0. The molecule has 6 nitrogen and oxygen atoms in total. The van der Waals surface area contributed by atoms with Crippen LogP contribution in [0.2, 0.25) is 0 Å². The normalized spacial score (nSPS) is 11.8. The molecule has 0 radical (unpaired) electrons. The summed E-state index contributed by atoms with van der Waals surface area (Å²) in [6.07, 6.45) is 43.8. The Hall–Kier alpha value is -1.59. The molecule has 6 heteroatoms. The van der Waals surface area contributed by atoms with Crippen molar-refractivity contribution in [1.29, 1.82) is 0 Å². The molecule has 0 rings (SSSR count). The van der Waals surface area contributed by atoms with Gasteiger partial charge in [-0.3, -0.25) is 14.4 Å². The molecule has 0 bridgehead atoms. The summed E-state index contributed by atoms with van der Waals surface area (Å²) in [5.41, 5.74) is 0. The monoisotopic (exact) mass is 751 g/mol. The van der Waals surface area contributed by atoms with E-state index >= 15 is 0 Å². The van der Waals surface area contributed by atoms with Crippen LogP contribution < -0.4 is 0 Å². The second kappa shape index (κ2) is 43.1. The van der Waals surface area contributed by atoms with Crippen LogP contribution in [-0.4, -0.2) is 37.2 Å². The predicted molar refractivity (Wildman–Crippen MR) is 224 cm³/mol. The van der Waals surface area contributed by atoms with Gasteiger partial charge in [0.2, 0.25) is 0 Å². The van der Waals surface area contributed by atoms with E-state index in [4.69, 9.17) is 14.2 Å². The minimum absolute atomic E-state index is 0.0632. The zero-order valence-electron chi connectivity index (χ0n) is 35.8. The molecule has 0 fully saturated rings. The van der Waals surface area contributed by atoms with Crippen molar-refractivity contribution in [3.05, 3.63) is 0 Å². The molecule has 0 saturated heterocycles. The van der Waals surface area contributed by atoms with E-state index in [9.17, 15) is 14.4 Å². The minimum Gasteiger partial charge on any atom is -0.462 e. The first-order valence-electron chi connectivity index (χ1n) is 23.5. The second-order valence-corrected chi connectivity index (χ2v) is 16.0. The number of ether oxygens (including phenoxy) is 3. The van der Waals surface area contributed by atoms with Gasteiger partial charge in [0.25, 0.3) is 0 Å². The maximum atomic E-state index is 12.6. The van der Waals surface area contributed by atoms with E-state index in [1.807, 2.05) is 0 Å². The lowest BCUT2D eigenvalue weighted by Gasteiger charge is -2.18. The van der Waals surface area contributed by atoms with Crippen molar-refractivity contribution in [3.8, 4) is 0 Å². The fourth-order valence-corrected chi connectivity index (χ4v) is 7.03. The summed E-state index contributed by atoms with van der Waals surface area (Å²) in [5.74, 6) is -0.857. The molecule has 0 aliphatic carbocycles. The quantitative estimate of drug-likeness (QED) is 0.0351. The fourth-order valence-electron chi connectivity index (χ4n) is 7.03. The standard InChI is InChI=1S/C47H90O6/c1-4-7-10-13-16-18-20-21-22-23-24-25-27-29-32-34-37-40-46(49)52-43-44(53-47(50)41-38-35-30-15-12-9-6-3)42-51-45(48)39-36-33-31-28-26-19-17-14-11-8-5-2/h44H,4-43H2,1-3H3/t44-/m1/s1. The number of rotatable bonds is 43. The Morgan fingerprint density at radius 3 is 0.755 bits per heavy atom. The van der Waals surface area contributed by atoms with Crippen molar-refractivity contribution >= 4 is 17.9 Å². The average molecular weight is 751 g/mol. The molecule has 0 aromatic rings. The summed E-state index contributed by atoms with van der Waals surface area (Å²) in [6, 6.07) is 0. The molecule has 53 heavy (non-hydrogen) atoms. The molecule has 0 spiro atoms. The van der Waals surface area contributed by atoms with E-state index < -0.39 is 6.10 Å². The number of carbonyl (C=O) groups excluding carboxylic acids is 3. The van der Waals surface area contributed by atoms with Crippen molar-refractivity contribution in [2.45, 2.75) is 271 Å². The first kappa shape index (κ1) is 51.4. The predicted octanol–water partition coefficient (Wildman–Crippen LogP) is 14.9. The van der Waals surface area contributed by atoms with Crippen LogP contribution in [-0.2, 0) is 28.6 Å². The Morgan fingerprint density at radius 2 is 0.509 bits per heavy atom. The van der Waals surface area contributed by atoms with E-state index in [-0.39, 0.29) is 31.1 Å². The molecule has 0 aromatic carbocycles. The third-order valence-electron chi connectivity index (χ3n) is 10.6. The lowest BCUT2D eigenvalue weighted by molar-refractivity contribution is -0.167. The zero-order valence-corrected chi connectivity index (χ0v) is 35.8. The molecular weight excluding hydrogens is 661 g/mol. The maximum Gasteiger partial charge on any atom is 0.306 e. The van der Waals surface area contributed by atoms with E-state index in [0.29, 0.717) is 19.3 Å². The van der Waals surface area contributed by atoms with Crippen molar-refractivity contribution in [3.63, 3.8) is 0 Å². The van der Waals surface area contributed by atoms with Crippen LogP contribution in [0.5, 0.6) is 0 Å². The molecule has 0 N–H and O–H groups in total. The summed E-state index contributed by atoms with van der Waals surface area (Å²) < 4.78 is 16.7. The summed E-state index contributed by atoms with van der Waals surface area (Å²) in [5, 5.41) is 0. The Kier molecular flexibility index (Phi) is 41.8. The highest BCUT2D eigenvalue weighted by Gasteiger charge is 2.19.